The maximum absolute atomic E-state index is 11.0. The lowest BCUT2D eigenvalue weighted by Crippen LogP contribution is -1.96. The number of aromatic nitrogens is 2. The molecule has 4 aromatic rings. The molecule has 0 atom stereocenters. The molecule has 5 nitrogen and oxygen atoms in total. The van der Waals surface area contributed by atoms with Crippen LogP contribution < -0.4 is 5.73 Å². The third-order valence-electron chi connectivity index (χ3n) is 3.91. The van der Waals surface area contributed by atoms with Crippen LogP contribution in [0.5, 0.6) is 0 Å². The van der Waals surface area contributed by atoms with Gasteiger partial charge in [0.1, 0.15) is 10.8 Å². The zero-order valence-corrected chi connectivity index (χ0v) is 13.8. The van der Waals surface area contributed by atoms with Gasteiger partial charge in [-0.15, -0.1) is 11.3 Å². The van der Waals surface area contributed by atoms with Crippen LogP contribution in [0.3, 0.4) is 0 Å². The third kappa shape index (κ3) is 2.83. The van der Waals surface area contributed by atoms with E-state index in [1.807, 2.05) is 30.3 Å². The molecule has 2 aromatic carbocycles. The number of anilines is 1. The Morgan fingerprint density at radius 3 is 2.52 bits per heavy atom. The lowest BCUT2D eigenvalue weighted by atomic mass is 10.0. The minimum atomic E-state index is -0.947. The van der Waals surface area contributed by atoms with E-state index in [-0.39, 0.29) is 5.56 Å². The number of hydrogen-bond acceptors (Lipinski definition) is 5. The van der Waals surface area contributed by atoms with Gasteiger partial charge in [-0.25, -0.2) is 14.8 Å². The molecule has 0 radical (unpaired) electrons. The smallest absolute Gasteiger partial charge is 0.335 e. The van der Waals surface area contributed by atoms with Crippen LogP contribution >= 0.6 is 11.3 Å². The van der Waals surface area contributed by atoms with Gasteiger partial charge in [0, 0.05) is 11.8 Å². The van der Waals surface area contributed by atoms with E-state index in [4.69, 9.17) is 10.8 Å². The Morgan fingerprint density at radius 1 is 1.04 bits per heavy atom. The lowest BCUT2D eigenvalue weighted by Gasteiger charge is -2.06. The topological polar surface area (TPSA) is 89.1 Å². The first-order valence-electron chi connectivity index (χ1n) is 7.57. The number of hydrogen-bond donors (Lipinski definition) is 2. The average Bonchev–Trinajstić information content (AvgIpc) is 3.06. The van der Waals surface area contributed by atoms with Gasteiger partial charge in [0.05, 0.1) is 21.3 Å². The molecule has 0 spiro atoms. The van der Waals surface area contributed by atoms with Gasteiger partial charge in [-0.05, 0) is 35.9 Å². The highest BCUT2D eigenvalue weighted by molar-refractivity contribution is 7.21. The monoisotopic (exact) mass is 347 g/mol. The molecule has 0 saturated carbocycles. The molecular formula is C19H13N3O2S. The van der Waals surface area contributed by atoms with Crippen molar-refractivity contribution in [2.45, 2.75) is 0 Å². The van der Waals surface area contributed by atoms with Crippen LogP contribution in [0.1, 0.15) is 10.4 Å². The van der Waals surface area contributed by atoms with Crippen LogP contribution in [0.15, 0.2) is 60.8 Å². The standard InChI is InChI=1S/C19H13N3O2S/c20-17-14(18-22-15-3-1-2-4-16(15)25-18)9-13(10-21-17)11-5-7-12(8-6-11)19(23)24/h1-10H,(H2,20,21)(H,23,24). The summed E-state index contributed by atoms with van der Waals surface area (Å²) in [5, 5.41) is 9.82. The maximum Gasteiger partial charge on any atom is 0.335 e. The second-order valence-corrected chi connectivity index (χ2v) is 6.56. The van der Waals surface area contributed by atoms with E-state index in [0.29, 0.717) is 5.82 Å². The number of pyridine rings is 1. The molecule has 0 bridgehead atoms. The Bertz CT molecular complexity index is 1050. The van der Waals surface area contributed by atoms with E-state index in [1.54, 1.807) is 41.8 Å². The molecule has 0 aliphatic carbocycles. The lowest BCUT2D eigenvalue weighted by molar-refractivity contribution is 0.0697. The molecule has 2 aromatic heterocycles. The number of nitrogen functional groups attached to an aromatic ring is 1. The summed E-state index contributed by atoms with van der Waals surface area (Å²) in [7, 11) is 0. The molecule has 25 heavy (non-hydrogen) atoms. The number of nitrogens with zero attached hydrogens (tertiary/aromatic N) is 2. The fourth-order valence-corrected chi connectivity index (χ4v) is 3.59. The number of carboxylic acids is 1. The number of para-hydroxylation sites is 1. The van der Waals surface area contributed by atoms with Crippen LogP contribution in [0.25, 0.3) is 31.9 Å². The normalized spacial score (nSPS) is 10.9. The van der Waals surface area contributed by atoms with Crippen LogP contribution in [0.4, 0.5) is 5.82 Å². The van der Waals surface area contributed by atoms with Crippen molar-refractivity contribution in [1.29, 1.82) is 0 Å². The van der Waals surface area contributed by atoms with Crippen molar-refractivity contribution in [3.05, 3.63) is 66.4 Å². The SMILES string of the molecule is Nc1ncc(-c2ccc(C(=O)O)cc2)cc1-c1nc2ccccc2s1. The largest absolute Gasteiger partial charge is 0.478 e. The number of thiazole rings is 1. The second kappa shape index (κ2) is 5.99. The first-order chi connectivity index (χ1) is 12.1. The summed E-state index contributed by atoms with van der Waals surface area (Å²) in [5.41, 5.74) is 9.76. The molecule has 122 valence electrons. The van der Waals surface area contributed by atoms with E-state index in [1.165, 1.54) is 0 Å². The zero-order chi connectivity index (χ0) is 17.4. The minimum absolute atomic E-state index is 0.249. The molecule has 0 aliphatic heterocycles. The van der Waals surface area contributed by atoms with Crippen molar-refractivity contribution in [3.8, 4) is 21.7 Å². The Hall–Kier alpha value is -3.25. The first-order valence-corrected chi connectivity index (χ1v) is 8.38. The molecule has 6 heteroatoms. The second-order valence-electron chi connectivity index (χ2n) is 5.53. The summed E-state index contributed by atoms with van der Waals surface area (Å²) in [4.78, 5) is 19.9. The van der Waals surface area contributed by atoms with E-state index in [0.717, 1.165) is 31.9 Å². The van der Waals surface area contributed by atoms with Crippen molar-refractivity contribution in [2.24, 2.45) is 0 Å². The fraction of sp³-hybridized carbons (Fsp3) is 0. The highest BCUT2D eigenvalue weighted by atomic mass is 32.1. The number of benzene rings is 2. The highest BCUT2D eigenvalue weighted by Gasteiger charge is 2.12. The van der Waals surface area contributed by atoms with E-state index < -0.39 is 5.97 Å². The molecule has 2 heterocycles. The van der Waals surface area contributed by atoms with Crippen molar-refractivity contribution in [1.82, 2.24) is 9.97 Å². The van der Waals surface area contributed by atoms with Gasteiger partial charge in [-0.2, -0.15) is 0 Å². The Labute approximate surface area is 147 Å². The Morgan fingerprint density at radius 2 is 1.80 bits per heavy atom. The number of carbonyl (C=O) groups is 1. The number of fused-ring (bicyclic) bond motifs is 1. The molecule has 0 saturated heterocycles. The quantitative estimate of drug-likeness (QED) is 0.576. The Balaban J connectivity index is 1.79. The summed E-state index contributed by atoms with van der Waals surface area (Å²) >= 11 is 1.57. The van der Waals surface area contributed by atoms with E-state index in [2.05, 4.69) is 9.97 Å². The van der Waals surface area contributed by atoms with Gasteiger partial charge in [-0.3, -0.25) is 0 Å². The minimum Gasteiger partial charge on any atom is -0.478 e. The highest BCUT2D eigenvalue weighted by Crippen LogP contribution is 2.34. The van der Waals surface area contributed by atoms with E-state index >= 15 is 0 Å². The zero-order valence-electron chi connectivity index (χ0n) is 13.0. The molecule has 0 amide bonds. The van der Waals surface area contributed by atoms with Crippen LogP contribution in [0.2, 0.25) is 0 Å². The predicted octanol–water partition coefficient (Wildman–Crippen LogP) is 4.31. The summed E-state index contributed by atoms with van der Waals surface area (Å²) in [6, 6.07) is 16.5. The van der Waals surface area contributed by atoms with Crippen LogP contribution in [-0.4, -0.2) is 21.0 Å². The molecule has 4 rings (SSSR count). The molecule has 0 unspecified atom stereocenters. The van der Waals surface area contributed by atoms with Crippen molar-refractivity contribution < 1.29 is 9.90 Å². The average molecular weight is 347 g/mol. The summed E-state index contributed by atoms with van der Waals surface area (Å²) in [6.07, 6.45) is 1.68. The van der Waals surface area contributed by atoms with Gasteiger partial charge in [0.25, 0.3) is 0 Å². The summed E-state index contributed by atoms with van der Waals surface area (Å²) in [6.45, 7) is 0. The molecular weight excluding hydrogens is 334 g/mol. The van der Waals surface area contributed by atoms with Crippen molar-refractivity contribution in [2.75, 3.05) is 5.73 Å². The number of nitrogens with two attached hydrogens (primary N) is 1. The summed E-state index contributed by atoms with van der Waals surface area (Å²) in [5.74, 6) is -0.526. The fourth-order valence-electron chi connectivity index (χ4n) is 2.60. The third-order valence-corrected chi connectivity index (χ3v) is 4.98. The van der Waals surface area contributed by atoms with Crippen LogP contribution in [-0.2, 0) is 0 Å². The number of carboxylic acid groups (broad SMARTS) is 1. The predicted molar refractivity (Wildman–Crippen MR) is 99.7 cm³/mol. The number of aromatic carboxylic acids is 1. The maximum atomic E-state index is 11.0. The van der Waals surface area contributed by atoms with Gasteiger partial charge in [-0.1, -0.05) is 24.3 Å². The molecule has 3 N–H and O–H groups in total. The van der Waals surface area contributed by atoms with Gasteiger partial charge >= 0.3 is 5.97 Å². The summed E-state index contributed by atoms with van der Waals surface area (Å²) < 4.78 is 1.09. The Kier molecular flexibility index (Phi) is 3.66. The van der Waals surface area contributed by atoms with Gasteiger partial charge in [0.2, 0.25) is 0 Å². The van der Waals surface area contributed by atoms with Gasteiger partial charge in [0.15, 0.2) is 0 Å². The molecule has 0 fully saturated rings. The van der Waals surface area contributed by atoms with Crippen LogP contribution in [0, 0.1) is 0 Å². The molecule has 0 aliphatic rings. The van der Waals surface area contributed by atoms with E-state index in [9.17, 15) is 4.79 Å². The van der Waals surface area contributed by atoms with Gasteiger partial charge < -0.3 is 10.8 Å². The van der Waals surface area contributed by atoms with Crippen molar-refractivity contribution in [3.63, 3.8) is 0 Å². The van der Waals surface area contributed by atoms with Crippen molar-refractivity contribution >= 4 is 33.3 Å². The number of rotatable bonds is 3. The first kappa shape index (κ1) is 15.3.